The first kappa shape index (κ1) is 18.1. The summed E-state index contributed by atoms with van der Waals surface area (Å²) in [5.74, 6) is -1.05. The number of amides is 1. The number of carbonyl (C=O) groups excluding carboxylic acids is 2. The molecule has 1 heterocycles. The number of fused-ring (bicyclic) bond motifs is 1. The van der Waals surface area contributed by atoms with Crippen LogP contribution >= 0.6 is 0 Å². The molecule has 3 rings (SSSR count). The molecule has 0 unspecified atom stereocenters. The quantitative estimate of drug-likeness (QED) is 0.822. The standard InChI is InChI=1S/C18H18N2O5S/c1-20(2)26(23,24)14-8-5-7-13(11-14)19-17(21)16-10-12-6-3-4-9-15(12)18(22)25-16/h3-9,11,16H,10H2,1-2H3,(H,19,21)/t16-/m1/s1. The SMILES string of the molecule is CN(C)S(=O)(=O)c1cccc(NC(=O)[C@H]2Cc3ccccc3C(=O)O2)c1. The number of hydrogen-bond acceptors (Lipinski definition) is 5. The number of esters is 1. The van der Waals surface area contributed by atoms with Crippen LogP contribution in [0.5, 0.6) is 0 Å². The van der Waals surface area contributed by atoms with Crippen molar-refractivity contribution in [1.29, 1.82) is 0 Å². The number of anilines is 1. The third-order valence-corrected chi connectivity index (χ3v) is 5.88. The molecule has 8 heteroatoms. The van der Waals surface area contributed by atoms with Crippen LogP contribution in [0.15, 0.2) is 53.4 Å². The van der Waals surface area contributed by atoms with Crippen LogP contribution in [0.1, 0.15) is 15.9 Å². The van der Waals surface area contributed by atoms with Gasteiger partial charge in [-0.15, -0.1) is 0 Å². The average Bonchev–Trinajstić information content (AvgIpc) is 2.61. The van der Waals surface area contributed by atoms with E-state index in [1.807, 2.05) is 0 Å². The lowest BCUT2D eigenvalue weighted by molar-refractivity contribution is -0.125. The maximum absolute atomic E-state index is 12.5. The van der Waals surface area contributed by atoms with Gasteiger partial charge >= 0.3 is 5.97 Å². The van der Waals surface area contributed by atoms with Gasteiger partial charge in [-0.05, 0) is 29.8 Å². The largest absolute Gasteiger partial charge is 0.448 e. The Hall–Kier alpha value is -2.71. The maximum Gasteiger partial charge on any atom is 0.339 e. The molecule has 0 spiro atoms. The summed E-state index contributed by atoms with van der Waals surface area (Å²) in [5.41, 5.74) is 1.51. The zero-order valence-corrected chi connectivity index (χ0v) is 15.1. The second-order valence-electron chi connectivity index (χ2n) is 6.06. The maximum atomic E-state index is 12.5. The van der Waals surface area contributed by atoms with Crippen molar-refractivity contribution in [3.05, 3.63) is 59.7 Å². The Morgan fingerprint density at radius 2 is 1.88 bits per heavy atom. The zero-order chi connectivity index (χ0) is 18.9. The van der Waals surface area contributed by atoms with Gasteiger partial charge < -0.3 is 10.1 Å². The summed E-state index contributed by atoms with van der Waals surface area (Å²) >= 11 is 0. The normalized spacial score (nSPS) is 16.7. The zero-order valence-electron chi connectivity index (χ0n) is 14.3. The Labute approximate surface area is 151 Å². The first-order chi connectivity index (χ1) is 12.3. The minimum absolute atomic E-state index is 0.0614. The fraction of sp³-hybridized carbons (Fsp3) is 0.222. The van der Waals surface area contributed by atoms with Crippen molar-refractivity contribution in [2.45, 2.75) is 17.4 Å². The number of nitrogens with zero attached hydrogens (tertiary/aromatic N) is 1. The molecule has 1 amide bonds. The Morgan fingerprint density at radius 3 is 2.62 bits per heavy atom. The highest BCUT2D eigenvalue weighted by Gasteiger charge is 2.31. The Morgan fingerprint density at radius 1 is 1.15 bits per heavy atom. The molecule has 1 N–H and O–H groups in total. The molecule has 0 aliphatic carbocycles. The minimum atomic E-state index is -3.61. The van der Waals surface area contributed by atoms with Crippen molar-refractivity contribution in [3.8, 4) is 0 Å². The highest BCUT2D eigenvalue weighted by atomic mass is 32.2. The molecule has 26 heavy (non-hydrogen) atoms. The van der Waals surface area contributed by atoms with Gasteiger partial charge in [-0.3, -0.25) is 4.79 Å². The number of benzene rings is 2. The molecule has 2 aromatic rings. The van der Waals surface area contributed by atoms with Crippen molar-refractivity contribution >= 4 is 27.6 Å². The Balaban J connectivity index is 1.78. The molecule has 0 bridgehead atoms. The molecular weight excluding hydrogens is 356 g/mol. The summed E-state index contributed by atoms with van der Waals surface area (Å²) < 4.78 is 30.7. The van der Waals surface area contributed by atoms with Gasteiger partial charge in [0.25, 0.3) is 5.91 Å². The van der Waals surface area contributed by atoms with Crippen molar-refractivity contribution < 1.29 is 22.7 Å². The smallest absolute Gasteiger partial charge is 0.339 e. The third-order valence-electron chi connectivity index (χ3n) is 4.06. The topological polar surface area (TPSA) is 92.8 Å². The molecule has 1 aliphatic heterocycles. The molecule has 1 aliphatic rings. The predicted octanol–water partition coefficient (Wildman–Crippen LogP) is 1.66. The lowest BCUT2D eigenvalue weighted by Crippen LogP contribution is -2.38. The minimum Gasteiger partial charge on any atom is -0.448 e. The monoisotopic (exact) mass is 374 g/mol. The summed E-state index contributed by atoms with van der Waals surface area (Å²) in [6, 6.07) is 12.9. The van der Waals surface area contributed by atoms with Crippen molar-refractivity contribution in [3.63, 3.8) is 0 Å². The van der Waals surface area contributed by atoms with Crippen LogP contribution in [0.4, 0.5) is 5.69 Å². The van der Waals surface area contributed by atoms with Crippen LogP contribution < -0.4 is 5.32 Å². The van der Waals surface area contributed by atoms with E-state index in [-0.39, 0.29) is 11.3 Å². The number of nitrogens with one attached hydrogen (secondary N) is 1. The number of sulfonamides is 1. The molecular formula is C18H18N2O5S. The fourth-order valence-electron chi connectivity index (χ4n) is 2.65. The summed E-state index contributed by atoms with van der Waals surface area (Å²) in [5, 5.41) is 2.62. The number of carbonyl (C=O) groups is 2. The van der Waals surface area contributed by atoms with E-state index in [9.17, 15) is 18.0 Å². The van der Waals surface area contributed by atoms with E-state index in [2.05, 4.69) is 5.32 Å². The van der Waals surface area contributed by atoms with Crippen LogP contribution in [0, 0.1) is 0 Å². The highest BCUT2D eigenvalue weighted by Crippen LogP contribution is 2.22. The van der Waals surface area contributed by atoms with Crippen molar-refractivity contribution in [1.82, 2.24) is 4.31 Å². The molecule has 136 valence electrons. The average molecular weight is 374 g/mol. The lowest BCUT2D eigenvalue weighted by Gasteiger charge is -2.23. The van der Waals surface area contributed by atoms with Gasteiger partial charge in [0.05, 0.1) is 10.5 Å². The number of cyclic esters (lactones) is 1. The van der Waals surface area contributed by atoms with Gasteiger partial charge in [-0.1, -0.05) is 24.3 Å². The lowest BCUT2D eigenvalue weighted by atomic mass is 9.98. The summed E-state index contributed by atoms with van der Waals surface area (Å²) in [6.07, 6.45) is -0.699. The molecule has 2 aromatic carbocycles. The molecule has 0 aromatic heterocycles. The van der Waals surface area contributed by atoms with Gasteiger partial charge in [-0.2, -0.15) is 0 Å². The van der Waals surface area contributed by atoms with E-state index in [0.717, 1.165) is 9.87 Å². The van der Waals surface area contributed by atoms with Crippen LogP contribution in [0.2, 0.25) is 0 Å². The summed E-state index contributed by atoms with van der Waals surface area (Å²) in [4.78, 5) is 24.6. The van der Waals surface area contributed by atoms with Crippen molar-refractivity contribution in [2.24, 2.45) is 0 Å². The Bertz CT molecular complexity index is 969. The first-order valence-corrected chi connectivity index (χ1v) is 9.35. The first-order valence-electron chi connectivity index (χ1n) is 7.91. The summed E-state index contributed by atoms with van der Waals surface area (Å²) in [6.45, 7) is 0. The van der Waals surface area contributed by atoms with E-state index in [1.165, 1.54) is 32.3 Å². The van der Waals surface area contributed by atoms with E-state index in [1.54, 1.807) is 30.3 Å². The molecule has 0 saturated heterocycles. The molecule has 0 saturated carbocycles. The van der Waals surface area contributed by atoms with Gasteiger partial charge in [0.1, 0.15) is 0 Å². The highest BCUT2D eigenvalue weighted by molar-refractivity contribution is 7.89. The van der Waals surface area contributed by atoms with Crippen LogP contribution in [-0.2, 0) is 26.0 Å². The van der Waals surface area contributed by atoms with Crippen molar-refractivity contribution in [2.75, 3.05) is 19.4 Å². The van der Waals surface area contributed by atoms with Gasteiger partial charge in [-0.25, -0.2) is 17.5 Å². The van der Waals surface area contributed by atoms with Gasteiger partial charge in [0.2, 0.25) is 10.0 Å². The number of hydrogen-bond donors (Lipinski definition) is 1. The molecule has 7 nitrogen and oxygen atoms in total. The van der Waals surface area contributed by atoms with Crippen LogP contribution in [-0.4, -0.2) is 44.8 Å². The number of rotatable bonds is 4. The van der Waals surface area contributed by atoms with Crippen LogP contribution in [0.25, 0.3) is 0 Å². The number of ether oxygens (including phenoxy) is 1. The van der Waals surface area contributed by atoms with E-state index in [4.69, 9.17) is 4.74 Å². The van der Waals surface area contributed by atoms with E-state index in [0.29, 0.717) is 11.3 Å². The second kappa shape index (κ2) is 6.89. The van der Waals surface area contributed by atoms with E-state index >= 15 is 0 Å². The summed E-state index contributed by atoms with van der Waals surface area (Å²) in [7, 11) is -0.752. The third kappa shape index (κ3) is 3.47. The second-order valence-corrected chi connectivity index (χ2v) is 8.21. The molecule has 0 radical (unpaired) electrons. The van der Waals surface area contributed by atoms with Gasteiger partial charge in [0.15, 0.2) is 6.10 Å². The Kier molecular flexibility index (Phi) is 4.80. The predicted molar refractivity (Wildman–Crippen MR) is 95.3 cm³/mol. The fourth-order valence-corrected chi connectivity index (χ4v) is 3.59. The molecule has 0 fully saturated rings. The van der Waals surface area contributed by atoms with Gasteiger partial charge in [0, 0.05) is 26.2 Å². The van der Waals surface area contributed by atoms with Crippen LogP contribution in [0.3, 0.4) is 0 Å². The molecule has 1 atom stereocenters. The van der Waals surface area contributed by atoms with E-state index < -0.39 is 28.0 Å².